The molecule has 2 fully saturated rings. The predicted molar refractivity (Wildman–Crippen MR) is 108 cm³/mol. The molecule has 8 nitrogen and oxygen atoms in total. The number of hydrogen-bond acceptors (Lipinski definition) is 5. The molecule has 29 heavy (non-hydrogen) atoms. The third kappa shape index (κ3) is 4.40. The van der Waals surface area contributed by atoms with E-state index in [2.05, 4.69) is 0 Å². The number of sulfonamides is 1. The second-order valence-corrected chi connectivity index (χ2v) is 10.4. The number of piperazine rings is 1. The molecule has 2 amide bonds. The van der Waals surface area contributed by atoms with Gasteiger partial charge in [0, 0.05) is 44.7 Å². The van der Waals surface area contributed by atoms with Crippen LogP contribution in [0.25, 0.3) is 0 Å². The summed E-state index contributed by atoms with van der Waals surface area (Å²) in [5.41, 5.74) is -0.308. The zero-order valence-corrected chi connectivity index (χ0v) is 18.2. The molecule has 2 aliphatic rings. The Morgan fingerprint density at radius 2 is 1.66 bits per heavy atom. The quantitative estimate of drug-likeness (QED) is 0.726. The van der Waals surface area contributed by atoms with Gasteiger partial charge >= 0.3 is 0 Å². The zero-order valence-electron chi connectivity index (χ0n) is 17.4. The van der Waals surface area contributed by atoms with Crippen LogP contribution in [0.15, 0.2) is 29.2 Å². The first-order valence-corrected chi connectivity index (χ1v) is 11.2. The van der Waals surface area contributed by atoms with Crippen LogP contribution < -0.4 is 4.74 Å². The molecule has 0 radical (unpaired) electrons. The van der Waals surface area contributed by atoms with E-state index in [1.807, 2.05) is 20.8 Å². The van der Waals surface area contributed by atoms with Crippen LogP contribution in [-0.4, -0.2) is 79.7 Å². The molecule has 1 aromatic rings. The molecule has 9 heteroatoms. The highest BCUT2D eigenvalue weighted by Gasteiger charge is 2.41. The number of hydrogen-bond donors (Lipinski definition) is 0. The molecule has 1 aromatic carbocycles. The van der Waals surface area contributed by atoms with Crippen molar-refractivity contribution in [2.45, 2.75) is 37.6 Å². The van der Waals surface area contributed by atoms with Crippen molar-refractivity contribution >= 4 is 21.8 Å². The normalized spacial score (nSPS) is 21.5. The fourth-order valence-electron chi connectivity index (χ4n) is 3.82. The summed E-state index contributed by atoms with van der Waals surface area (Å²) in [6.45, 7) is 7.43. The largest absolute Gasteiger partial charge is 0.497 e. The molecule has 0 aromatic heterocycles. The van der Waals surface area contributed by atoms with Crippen LogP contribution in [0.3, 0.4) is 0 Å². The van der Waals surface area contributed by atoms with Crippen LogP contribution in [0.5, 0.6) is 5.75 Å². The lowest BCUT2D eigenvalue weighted by Gasteiger charge is -2.36. The Hall–Kier alpha value is -2.13. The average Bonchev–Trinajstić information content (AvgIpc) is 3.09. The standard InChI is InChI=1S/C20H29N3O5S/c1-20(2,3)23-14-15(13-18(23)24)19(25)21-9-11-22(12-10-21)29(26,27)17-7-5-16(28-4)6-8-17/h5-8,15H,9-14H2,1-4H3/t15-/m1/s1. The maximum absolute atomic E-state index is 12.9. The van der Waals surface area contributed by atoms with Crippen molar-refractivity contribution in [1.82, 2.24) is 14.1 Å². The van der Waals surface area contributed by atoms with Crippen molar-refractivity contribution < 1.29 is 22.7 Å². The molecule has 1 atom stereocenters. The number of carbonyl (C=O) groups excluding carboxylic acids is 2. The molecule has 2 heterocycles. The summed E-state index contributed by atoms with van der Waals surface area (Å²) in [5, 5.41) is 0. The highest BCUT2D eigenvalue weighted by atomic mass is 32.2. The third-order valence-electron chi connectivity index (χ3n) is 5.53. The van der Waals surface area contributed by atoms with Crippen LogP contribution in [0, 0.1) is 5.92 Å². The average molecular weight is 424 g/mol. The van der Waals surface area contributed by atoms with E-state index in [1.165, 1.54) is 23.5 Å². The van der Waals surface area contributed by atoms with Gasteiger partial charge in [0.25, 0.3) is 0 Å². The minimum absolute atomic E-state index is 0.00318. The molecule has 160 valence electrons. The van der Waals surface area contributed by atoms with E-state index in [0.29, 0.717) is 25.4 Å². The van der Waals surface area contributed by atoms with E-state index in [9.17, 15) is 18.0 Å². The molecule has 0 N–H and O–H groups in total. The zero-order chi connectivity index (χ0) is 21.4. The first-order valence-electron chi connectivity index (χ1n) is 9.77. The number of amides is 2. The number of methoxy groups -OCH3 is 1. The van der Waals surface area contributed by atoms with Gasteiger partial charge in [-0.1, -0.05) is 0 Å². The van der Waals surface area contributed by atoms with Crippen molar-refractivity contribution in [3.63, 3.8) is 0 Å². The van der Waals surface area contributed by atoms with Crippen molar-refractivity contribution in [3.05, 3.63) is 24.3 Å². The van der Waals surface area contributed by atoms with Gasteiger partial charge in [0.15, 0.2) is 0 Å². The highest BCUT2D eigenvalue weighted by Crippen LogP contribution is 2.28. The SMILES string of the molecule is COc1ccc(S(=O)(=O)N2CCN(C(=O)[C@@H]3CC(=O)N(C(C)(C)C)C3)CC2)cc1. The Labute approximate surface area is 172 Å². The van der Waals surface area contributed by atoms with Crippen LogP contribution in [0.2, 0.25) is 0 Å². The molecule has 0 unspecified atom stereocenters. The van der Waals surface area contributed by atoms with Crippen LogP contribution >= 0.6 is 0 Å². The maximum Gasteiger partial charge on any atom is 0.243 e. The van der Waals surface area contributed by atoms with Gasteiger partial charge in [-0.25, -0.2) is 8.42 Å². The van der Waals surface area contributed by atoms with Gasteiger partial charge in [-0.15, -0.1) is 0 Å². The maximum atomic E-state index is 12.9. The monoisotopic (exact) mass is 423 g/mol. The van der Waals surface area contributed by atoms with Crippen molar-refractivity contribution in [1.29, 1.82) is 0 Å². The van der Waals surface area contributed by atoms with E-state index in [0.717, 1.165) is 0 Å². The number of likely N-dealkylation sites (tertiary alicyclic amines) is 1. The minimum atomic E-state index is -3.61. The first-order chi connectivity index (χ1) is 13.5. The molecular formula is C20H29N3O5S. The Kier molecular flexibility index (Phi) is 5.91. The summed E-state index contributed by atoms with van der Waals surface area (Å²) >= 11 is 0. The molecule has 0 spiro atoms. The van der Waals surface area contributed by atoms with Gasteiger partial charge < -0.3 is 14.5 Å². The molecule has 0 saturated carbocycles. The summed E-state index contributed by atoms with van der Waals surface area (Å²) in [7, 11) is -2.09. The van der Waals surface area contributed by atoms with E-state index in [4.69, 9.17) is 4.74 Å². The summed E-state index contributed by atoms with van der Waals surface area (Å²) in [6.07, 6.45) is 0.223. The second kappa shape index (κ2) is 7.95. The van der Waals surface area contributed by atoms with Gasteiger partial charge in [-0.3, -0.25) is 9.59 Å². The lowest BCUT2D eigenvalue weighted by molar-refractivity contribution is -0.137. The fourth-order valence-corrected chi connectivity index (χ4v) is 5.25. The summed E-state index contributed by atoms with van der Waals surface area (Å²) in [6, 6.07) is 6.28. The first kappa shape index (κ1) is 21.6. The van der Waals surface area contributed by atoms with E-state index >= 15 is 0 Å². The molecule has 2 saturated heterocycles. The highest BCUT2D eigenvalue weighted by molar-refractivity contribution is 7.89. The van der Waals surface area contributed by atoms with Crippen LogP contribution in [-0.2, 0) is 19.6 Å². The number of benzene rings is 1. The molecule has 0 aliphatic carbocycles. The van der Waals surface area contributed by atoms with Gasteiger partial charge in [0.1, 0.15) is 5.75 Å². The number of nitrogens with zero attached hydrogens (tertiary/aromatic N) is 3. The Balaban J connectivity index is 1.61. The third-order valence-corrected chi connectivity index (χ3v) is 7.44. The van der Waals surface area contributed by atoms with Crippen LogP contribution in [0.4, 0.5) is 0 Å². The lowest BCUT2D eigenvalue weighted by Crippen LogP contribution is -2.52. The number of ether oxygens (including phenoxy) is 1. The van der Waals surface area contributed by atoms with Crippen molar-refractivity contribution in [2.24, 2.45) is 5.92 Å². The molecular weight excluding hydrogens is 394 g/mol. The van der Waals surface area contributed by atoms with Crippen molar-refractivity contribution in [2.75, 3.05) is 39.8 Å². The second-order valence-electron chi connectivity index (χ2n) is 8.48. The van der Waals surface area contributed by atoms with E-state index in [-0.39, 0.29) is 47.7 Å². The van der Waals surface area contributed by atoms with Gasteiger partial charge in [-0.05, 0) is 45.0 Å². The predicted octanol–water partition coefficient (Wildman–Crippen LogP) is 1.18. The smallest absolute Gasteiger partial charge is 0.243 e. The molecule has 0 bridgehead atoms. The van der Waals surface area contributed by atoms with Crippen LogP contribution in [0.1, 0.15) is 27.2 Å². The Morgan fingerprint density at radius 1 is 1.07 bits per heavy atom. The van der Waals surface area contributed by atoms with E-state index in [1.54, 1.807) is 21.9 Å². The number of rotatable bonds is 4. The summed E-state index contributed by atoms with van der Waals surface area (Å²) in [5.74, 6) is 0.171. The fraction of sp³-hybridized carbons (Fsp3) is 0.600. The summed E-state index contributed by atoms with van der Waals surface area (Å²) < 4.78 is 32.2. The Morgan fingerprint density at radius 3 is 2.14 bits per heavy atom. The number of carbonyl (C=O) groups is 2. The van der Waals surface area contributed by atoms with Crippen molar-refractivity contribution in [3.8, 4) is 5.75 Å². The molecule has 3 rings (SSSR count). The topological polar surface area (TPSA) is 87.2 Å². The van der Waals surface area contributed by atoms with Gasteiger partial charge in [-0.2, -0.15) is 4.31 Å². The Bertz CT molecular complexity index is 868. The lowest BCUT2D eigenvalue weighted by atomic mass is 10.1. The van der Waals surface area contributed by atoms with E-state index < -0.39 is 10.0 Å². The molecule has 2 aliphatic heterocycles. The minimum Gasteiger partial charge on any atom is -0.497 e. The van der Waals surface area contributed by atoms with Gasteiger partial charge in [0.05, 0.1) is 17.9 Å². The summed E-state index contributed by atoms with van der Waals surface area (Å²) in [4.78, 5) is 28.8. The van der Waals surface area contributed by atoms with Gasteiger partial charge in [0.2, 0.25) is 21.8 Å².